The lowest BCUT2D eigenvalue weighted by atomic mass is 10.0. The van der Waals surface area contributed by atoms with Crippen molar-refractivity contribution in [1.82, 2.24) is 10.2 Å². The zero-order valence-corrected chi connectivity index (χ0v) is 26.8. The van der Waals surface area contributed by atoms with Gasteiger partial charge in [0.05, 0.1) is 10.6 Å². The Morgan fingerprint density at radius 3 is 1.95 bits per heavy atom. The Bertz CT molecular complexity index is 1630. The molecule has 0 aliphatic heterocycles. The third kappa shape index (κ3) is 8.49. The van der Waals surface area contributed by atoms with Crippen LogP contribution in [-0.2, 0) is 32.6 Å². The van der Waals surface area contributed by atoms with Crippen molar-refractivity contribution in [3.63, 3.8) is 0 Å². The van der Waals surface area contributed by atoms with Gasteiger partial charge in [-0.05, 0) is 67.8 Å². The SMILES string of the molecule is CC[C@H](C)NC(=O)[C@H](Cc1ccccc1)N(Cc1ccccc1)C(=O)CN(c1ccc(C)cc1)S(=O)(=O)c1ccc(Cl)cc1. The summed E-state index contributed by atoms with van der Waals surface area (Å²) in [7, 11) is -4.19. The molecule has 4 aromatic carbocycles. The summed E-state index contributed by atoms with van der Waals surface area (Å²) in [5.74, 6) is -0.804. The van der Waals surface area contributed by atoms with Crippen molar-refractivity contribution in [2.75, 3.05) is 10.8 Å². The molecule has 2 atom stereocenters. The zero-order chi connectivity index (χ0) is 31.7. The van der Waals surface area contributed by atoms with Gasteiger partial charge in [-0.15, -0.1) is 0 Å². The smallest absolute Gasteiger partial charge is 0.264 e. The van der Waals surface area contributed by atoms with Crippen LogP contribution in [0.5, 0.6) is 0 Å². The highest BCUT2D eigenvalue weighted by Gasteiger charge is 2.35. The lowest BCUT2D eigenvalue weighted by Gasteiger charge is -2.34. The monoisotopic (exact) mass is 631 g/mol. The highest BCUT2D eigenvalue weighted by atomic mass is 35.5. The average Bonchev–Trinajstić information content (AvgIpc) is 3.03. The third-order valence-electron chi connectivity index (χ3n) is 7.47. The molecule has 4 aromatic rings. The van der Waals surface area contributed by atoms with Crippen LogP contribution in [0.25, 0.3) is 0 Å². The van der Waals surface area contributed by atoms with Crippen molar-refractivity contribution < 1.29 is 18.0 Å². The number of benzene rings is 4. The normalized spacial score (nSPS) is 12.6. The van der Waals surface area contributed by atoms with E-state index in [1.807, 2.05) is 81.4 Å². The number of hydrogen-bond acceptors (Lipinski definition) is 4. The maximum absolute atomic E-state index is 14.4. The predicted molar refractivity (Wildman–Crippen MR) is 176 cm³/mol. The number of amides is 2. The molecule has 0 bridgehead atoms. The molecule has 0 radical (unpaired) electrons. The summed E-state index contributed by atoms with van der Waals surface area (Å²) >= 11 is 6.05. The molecular formula is C35H38ClN3O4S. The van der Waals surface area contributed by atoms with Gasteiger partial charge in [-0.2, -0.15) is 0 Å². The van der Waals surface area contributed by atoms with Gasteiger partial charge in [-0.25, -0.2) is 8.42 Å². The van der Waals surface area contributed by atoms with Crippen LogP contribution in [0.1, 0.15) is 37.0 Å². The van der Waals surface area contributed by atoms with Crippen LogP contribution < -0.4 is 9.62 Å². The minimum Gasteiger partial charge on any atom is -0.352 e. The van der Waals surface area contributed by atoms with Crippen LogP contribution in [0.4, 0.5) is 5.69 Å². The summed E-state index contributed by atoms with van der Waals surface area (Å²) in [6, 6.07) is 30.7. The second-order valence-corrected chi connectivity index (χ2v) is 13.1. The number of nitrogens with one attached hydrogen (secondary N) is 1. The number of hydrogen-bond donors (Lipinski definition) is 1. The number of carbonyl (C=O) groups excluding carboxylic acids is 2. The van der Waals surface area contributed by atoms with Crippen molar-refractivity contribution in [2.24, 2.45) is 0 Å². The van der Waals surface area contributed by atoms with Gasteiger partial charge in [0.2, 0.25) is 11.8 Å². The Hall–Kier alpha value is -4.14. The fourth-order valence-electron chi connectivity index (χ4n) is 4.75. The lowest BCUT2D eigenvalue weighted by molar-refractivity contribution is -0.140. The second kappa shape index (κ2) is 15.0. The second-order valence-electron chi connectivity index (χ2n) is 10.8. The highest BCUT2D eigenvalue weighted by molar-refractivity contribution is 7.92. The molecule has 44 heavy (non-hydrogen) atoms. The number of halogens is 1. The van der Waals surface area contributed by atoms with E-state index in [1.54, 1.807) is 24.3 Å². The number of nitrogens with zero attached hydrogens (tertiary/aromatic N) is 2. The Morgan fingerprint density at radius 2 is 1.39 bits per heavy atom. The standard InChI is InChI=1S/C35H38ClN3O4S/c1-4-27(3)37-35(41)33(23-28-11-7-5-8-12-28)38(24-29-13-9-6-10-14-29)34(40)25-39(31-19-15-26(2)16-20-31)44(42,43)32-21-17-30(36)18-22-32/h5-22,27,33H,4,23-25H2,1-3H3,(H,37,41)/t27-,33-/m0/s1. The highest BCUT2D eigenvalue weighted by Crippen LogP contribution is 2.26. The topological polar surface area (TPSA) is 86.8 Å². The molecule has 0 heterocycles. The molecule has 0 unspecified atom stereocenters. The Kier molecular flexibility index (Phi) is 11.2. The van der Waals surface area contributed by atoms with E-state index < -0.39 is 28.5 Å². The van der Waals surface area contributed by atoms with Gasteiger partial charge in [0.1, 0.15) is 12.6 Å². The molecule has 4 rings (SSSR count). The summed E-state index contributed by atoms with van der Waals surface area (Å²) in [6.45, 7) is 5.40. The van der Waals surface area contributed by atoms with Gasteiger partial charge < -0.3 is 10.2 Å². The minimum absolute atomic E-state index is 0.000216. The van der Waals surface area contributed by atoms with Crippen molar-refractivity contribution in [1.29, 1.82) is 0 Å². The summed E-state index contributed by atoms with van der Waals surface area (Å²) in [5.41, 5.74) is 2.98. The quantitative estimate of drug-likeness (QED) is 0.185. The molecule has 7 nitrogen and oxygen atoms in total. The first kappa shape index (κ1) is 32.8. The first-order chi connectivity index (χ1) is 21.1. The van der Waals surface area contributed by atoms with Crippen LogP contribution >= 0.6 is 11.6 Å². The fraction of sp³-hybridized carbons (Fsp3) is 0.257. The van der Waals surface area contributed by atoms with Crippen LogP contribution in [0, 0.1) is 6.92 Å². The molecule has 9 heteroatoms. The van der Waals surface area contributed by atoms with Gasteiger partial charge in [0.25, 0.3) is 10.0 Å². The van der Waals surface area contributed by atoms with E-state index in [2.05, 4.69) is 5.32 Å². The van der Waals surface area contributed by atoms with E-state index in [-0.39, 0.29) is 29.8 Å². The van der Waals surface area contributed by atoms with Crippen LogP contribution in [0.2, 0.25) is 5.02 Å². The molecule has 0 fully saturated rings. The van der Waals surface area contributed by atoms with Gasteiger partial charge in [0.15, 0.2) is 0 Å². The van der Waals surface area contributed by atoms with E-state index in [0.29, 0.717) is 10.7 Å². The number of carbonyl (C=O) groups is 2. The van der Waals surface area contributed by atoms with E-state index >= 15 is 0 Å². The number of aryl methyl sites for hydroxylation is 1. The molecule has 0 aliphatic carbocycles. The Labute approximate surface area is 265 Å². The molecule has 0 saturated heterocycles. The van der Waals surface area contributed by atoms with Crippen LogP contribution in [-0.4, -0.2) is 43.8 Å². The fourth-order valence-corrected chi connectivity index (χ4v) is 6.29. The number of rotatable bonds is 13. The van der Waals surface area contributed by atoms with Crippen molar-refractivity contribution in [3.05, 3.63) is 131 Å². The number of anilines is 1. The van der Waals surface area contributed by atoms with Gasteiger partial charge >= 0.3 is 0 Å². The van der Waals surface area contributed by atoms with Crippen LogP contribution in [0.3, 0.4) is 0 Å². The average molecular weight is 632 g/mol. The molecule has 230 valence electrons. The Balaban J connectivity index is 1.79. The summed E-state index contributed by atoms with van der Waals surface area (Å²) < 4.78 is 29.2. The predicted octanol–water partition coefficient (Wildman–Crippen LogP) is 6.40. The number of sulfonamides is 1. The van der Waals surface area contributed by atoms with E-state index in [0.717, 1.165) is 27.4 Å². The van der Waals surface area contributed by atoms with Crippen molar-refractivity contribution in [3.8, 4) is 0 Å². The van der Waals surface area contributed by atoms with E-state index in [9.17, 15) is 18.0 Å². The molecule has 0 spiro atoms. The minimum atomic E-state index is -4.19. The lowest BCUT2D eigenvalue weighted by Crippen LogP contribution is -2.54. The van der Waals surface area contributed by atoms with Gasteiger partial charge in [0, 0.05) is 24.0 Å². The Morgan fingerprint density at radius 1 is 0.818 bits per heavy atom. The molecule has 1 N–H and O–H groups in total. The zero-order valence-electron chi connectivity index (χ0n) is 25.2. The first-order valence-electron chi connectivity index (χ1n) is 14.6. The maximum Gasteiger partial charge on any atom is 0.264 e. The molecule has 0 saturated carbocycles. The van der Waals surface area contributed by atoms with E-state index in [1.165, 1.54) is 29.2 Å². The van der Waals surface area contributed by atoms with Gasteiger partial charge in [-0.1, -0.05) is 96.9 Å². The first-order valence-corrected chi connectivity index (χ1v) is 16.4. The molecule has 0 aliphatic rings. The molecule has 2 amide bonds. The van der Waals surface area contributed by atoms with Crippen molar-refractivity contribution >= 4 is 39.1 Å². The maximum atomic E-state index is 14.4. The van der Waals surface area contributed by atoms with Crippen LogP contribution in [0.15, 0.2) is 114 Å². The summed E-state index contributed by atoms with van der Waals surface area (Å²) in [5, 5.41) is 3.44. The van der Waals surface area contributed by atoms with Crippen molar-refractivity contribution in [2.45, 2.75) is 57.1 Å². The largest absolute Gasteiger partial charge is 0.352 e. The third-order valence-corrected chi connectivity index (χ3v) is 9.51. The molecular weight excluding hydrogens is 594 g/mol. The van der Waals surface area contributed by atoms with Gasteiger partial charge in [-0.3, -0.25) is 13.9 Å². The molecule has 0 aromatic heterocycles. The summed E-state index contributed by atoms with van der Waals surface area (Å²) in [6.07, 6.45) is 0.979. The van der Waals surface area contributed by atoms with E-state index in [4.69, 9.17) is 11.6 Å². The summed E-state index contributed by atoms with van der Waals surface area (Å²) in [4.78, 5) is 29.8.